The zero-order valence-corrected chi connectivity index (χ0v) is 13.0. The number of fused-ring (bicyclic) bond motifs is 1. The maximum Gasteiger partial charge on any atom is 0.326 e. The molecule has 6 heteroatoms. The van der Waals surface area contributed by atoms with Crippen molar-refractivity contribution < 1.29 is 19.8 Å². The van der Waals surface area contributed by atoms with Crippen LogP contribution in [0.3, 0.4) is 0 Å². The molecule has 0 radical (unpaired) electrons. The van der Waals surface area contributed by atoms with Crippen LogP contribution in [0.1, 0.15) is 24.0 Å². The highest BCUT2D eigenvalue weighted by molar-refractivity contribution is 6.30. The van der Waals surface area contributed by atoms with E-state index < -0.39 is 17.9 Å². The summed E-state index contributed by atoms with van der Waals surface area (Å²) in [6.45, 7) is 1.46. The first-order chi connectivity index (χ1) is 10.9. The van der Waals surface area contributed by atoms with Crippen LogP contribution in [0.15, 0.2) is 42.5 Å². The molecule has 2 N–H and O–H groups in total. The summed E-state index contributed by atoms with van der Waals surface area (Å²) in [7, 11) is 0. The number of halogens is 1. The summed E-state index contributed by atoms with van der Waals surface area (Å²) in [4.78, 5) is 25.5. The maximum atomic E-state index is 12.9. The second kappa shape index (κ2) is 5.59. The molecular weight excluding hydrogens is 318 g/mol. The van der Waals surface area contributed by atoms with Crippen molar-refractivity contribution in [2.24, 2.45) is 0 Å². The molecule has 2 aromatic rings. The van der Waals surface area contributed by atoms with Gasteiger partial charge in [-0.3, -0.25) is 9.69 Å². The summed E-state index contributed by atoms with van der Waals surface area (Å²) >= 11 is 5.85. The van der Waals surface area contributed by atoms with Crippen LogP contribution in [-0.2, 0) is 9.59 Å². The number of phenols is 1. The van der Waals surface area contributed by atoms with Gasteiger partial charge in [-0.15, -0.1) is 0 Å². The number of aliphatic carboxylic acids is 1. The summed E-state index contributed by atoms with van der Waals surface area (Å²) < 4.78 is 0. The van der Waals surface area contributed by atoms with E-state index in [1.165, 1.54) is 17.9 Å². The number of carbonyl (C=O) groups excluding carboxylic acids is 1. The third-order valence-electron chi connectivity index (χ3n) is 4.04. The van der Waals surface area contributed by atoms with E-state index in [0.717, 1.165) is 0 Å². The lowest BCUT2D eigenvalue weighted by Gasteiger charge is -2.22. The van der Waals surface area contributed by atoms with Crippen molar-refractivity contribution in [1.82, 2.24) is 0 Å². The Balaban J connectivity index is 2.16. The molecule has 3 rings (SSSR count). The zero-order chi connectivity index (χ0) is 16.7. The number of aromatic hydroxyl groups is 1. The van der Waals surface area contributed by atoms with Crippen LogP contribution in [0.5, 0.6) is 5.75 Å². The van der Waals surface area contributed by atoms with E-state index >= 15 is 0 Å². The molecule has 0 aliphatic carbocycles. The van der Waals surface area contributed by atoms with Crippen LogP contribution < -0.4 is 4.90 Å². The molecule has 23 heavy (non-hydrogen) atoms. The fourth-order valence-corrected chi connectivity index (χ4v) is 3.08. The van der Waals surface area contributed by atoms with Gasteiger partial charge in [-0.1, -0.05) is 35.9 Å². The normalized spacial score (nSPS) is 17.9. The summed E-state index contributed by atoms with van der Waals surface area (Å²) in [5, 5.41) is 19.8. The lowest BCUT2D eigenvalue weighted by Crippen LogP contribution is -2.42. The molecular formula is C17H14ClNO4. The van der Waals surface area contributed by atoms with Crippen LogP contribution in [-0.4, -0.2) is 28.1 Å². The number of benzene rings is 2. The van der Waals surface area contributed by atoms with Gasteiger partial charge in [-0.2, -0.15) is 0 Å². The number of amides is 1. The van der Waals surface area contributed by atoms with Crippen LogP contribution in [0.4, 0.5) is 5.69 Å². The number of hydrogen-bond acceptors (Lipinski definition) is 3. The second-order valence-electron chi connectivity index (χ2n) is 5.42. The summed E-state index contributed by atoms with van der Waals surface area (Å²) in [5.74, 6) is -2.30. The van der Waals surface area contributed by atoms with E-state index in [0.29, 0.717) is 21.8 Å². The third-order valence-corrected chi connectivity index (χ3v) is 4.27. The van der Waals surface area contributed by atoms with Crippen molar-refractivity contribution in [3.05, 3.63) is 58.6 Å². The average Bonchev–Trinajstić information content (AvgIpc) is 2.79. The van der Waals surface area contributed by atoms with E-state index in [9.17, 15) is 19.8 Å². The van der Waals surface area contributed by atoms with E-state index in [-0.39, 0.29) is 11.7 Å². The fraction of sp³-hybridized carbons (Fsp3) is 0.176. The molecule has 0 saturated carbocycles. The molecule has 5 nitrogen and oxygen atoms in total. The minimum absolute atomic E-state index is 0.0875. The van der Waals surface area contributed by atoms with Gasteiger partial charge in [-0.25, -0.2) is 4.79 Å². The second-order valence-corrected chi connectivity index (χ2v) is 5.85. The predicted molar refractivity (Wildman–Crippen MR) is 86.0 cm³/mol. The summed E-state index contributed by atoms with van der Waals surface area (Å²) in [6, 6.07) is 10.6. The molecule has 2 atom stereocenters. The van der Waals surface area contributed by atoms with Crippen molar-refractivity contribution in [3.63, 3.8) is 0 Å². The van der Waals surface area contributed by atoms with Crippen molar-refractivity contribution in [1.29, 1.82) is 0 Å². The van der Waals surface area contributed by atoms with Gasteiger partial charge < -0.3 is 10.2 Å². The number of para-hydroxylation sites is 1. The molecule has 0 fully saturated rings. The Morgan fingerprint density at radius 1 is 1.22 bits per heavy atom. The number of carbonyl (C=O) groups is 2. The van der Waals surface area contributed by atoms with Gasteiger partial charge in [0.05, 0.1) is 5.92 Å². The van der Waals surface area contributed by atoms with E-state index in [1.54, 1.807) is 36.4 Å². The molecule has 0 bridgehead atoms. The zero-order valence-electron chi connectivity index (χ0n) is 12.2. The lowest BCUT2D eigenvalue weighted by atomic mass is 9.92. The van der Waals surface area contributed by atoms with Gasteiger partial charge in [0.1, 0.15) is 11.8 Å². The first-order valence-corrected chi connectivity index (χ1v) is 7.43. The van der Waals surface area contributed by atoms with Gasteiger partial charge in [0.2, 0.25) is 5.91 Å². The molecule has 1 heterocycles. The molecule has 2 aromatic carbocycles. The smallest absolute Gasteiger partial charge is 0.326 e. The number of carboxylic acid groups (broad SMARTS) is 1. The number of anilines is 1. The molecule has 1 aliphatic heterocycles. The Labute approximate surface area is 137 Å². The average molecular weight is 332 g/mol. The molecule has 118 valence electrons. The molecule has 0 aromatic heterocycles. The van der Waals surface area contributed by atoms with Crippen molar-refractivity contribution in [2.75, 3.05) is 4.90 Å². The highest BCUT2D eigenvalue weighted by Crippen LogP contribution is 2.44. The van der Waals surface area contributed by atoms with E-state index in [4.69, 9.17) is 11.6 Å². The van der Waals surface area contributed by atoms with Crippen LogP contribution in [0.2, 0.25) is 5.02 Å². The molecule has 2 unspecified atom stereocenters. The molecule has 0 spiro atoms. The largest absolute Gasteiger partial charge is 0.508 e. The Kier molecular flexibility index (Phi) is 3.74. The van der Waals surface area contributed by atoms with Crippen LogP contribution in [0.25, 0.3) is 0 Å². The van der Waals surface area contributed by atoms with Gasteiger partial charge in [-0.05, 0) is 30.7 Å². The quantitative estimate of drug-likeness (QED) is 0.906. The number of rotatable bonds is 3. The Morgan fingerprint density at radius 2 is 1.91 bits per heavy atom. The fourth-order valence-electron chi connectivity index (χ4n) is 2.91. The molecule has 0 saturated heterocycles. The molecule has 1 aliphatic rings. The Hall–Kier alpha value is -2.53. The summed E-state index contributed by atoms with van der Waals surface area (Å²) in [6.07, 6.45) is 0. The number of carboxylic acids is 1. The number of phenolic OH excluding ortho intramolecular Hbond substituents is 1. The Bertz CT molecular complexity index is 805. The lowest BCUT2D eigenvalue weighted by molar-refractivity contribution is -0.139. The maximum absolute atomic E-state index is 12.9. The number of nitrogens with zero attached hydrogens (tertiary/aromatic N) is 1. The highest BCUT2D eigenvalue weighted by Gasteiger charge is 2.43. The van der Waals surface area contributed by atoms with Crippen molar-refractivity contribution in [2.45, 2.75) is 18.9 Å². The first kappa shape index (κ1) is 15.4. The predicted octanol–water partition coefficient (Wildman–Crippen LogP) is 3.00. The van der Waals surface area contributed by atoms with E-state index in [1.807, 2.05) is 0 Å². The summed E-state index contributed by atoms with van der Waals surface area (Å²) in [5.41, 5.74) is 1.63. The van der Waals surface area contributed by atoms with Gasteiger partial charge in [0.15, 0.2) is 0 Å². The van der Waals surface area contributed by atoms with Crippen molar-refractivity contribution in [3.8, 4) is 5.75 Å². The topological polar surface area (TPSA) is 77.8 Å². The minimum Gasteiger partial charge on any atom is -0.508 e. The van der Waals surface area contributed by atoms with Crippen LogP contribution >= 0.6 is 11.6 Å². The monoisotopic (exact) mass is 331 g/mol. The van der Waals surface area contributed by atoms with Gasteiger partial charge >= 0.3 is 5.97 Å². The highest BCUT2D eigenvalue weighted by atomic mass is 35.5. The van der Waals surface area contributed by atoms with Gasteiger partial charge in [0, 0.05) is 16.3 Å². The van der Waals surface area contributed by atoms with Crippen molar-refractivity contribution >= 4 is 29.2 Å². The van der Waals surface area contributed by atoms with Gasteiger partial charge in [0.25, 0.3) is 0 Å². The number of hydrogen-bond donors (Lipinski definition) is 2. The third kappa shape index (κ3) is 2.43. The van der Waals surface area contributed by atoms with Crippen LogP contribution in [0, 0.1) is 0 Å². The first-order valence-electron chi connectivity index (χ1n) is 7.05. The van der Waals surface area contributed by atoms with E-state index in [2.05, 4.69) is 0 Å². The minimum atomic E-state index is -1.09. The SMILES string of the molecule is CC(C(=O)O)N1C(=O)C(c2ccc(Cl)cc2O)c2ccccc21. The Morgan fingerprint density at radius 3 is 2.57 bits per heavy atom. The molecule has 1 amide bonds. The standard InChI is InChI=1S/C17H14ClNO4/c1-9(17(22)23)19-13-5-3-2-4-11(13)15(16(19)21)12-7-6-10(18)8-14(12)20/h2-9,15,20H,1H3,(H,22,23).